The van der Waals surface area contributed by atoms with Gasteiger partial charge < -0.3 is 14.9 Å². The van der Waals surface area contributed by atoms with E-state index in [0.717, 1.165) is 0 Å². The summed E-state index contributed by atoms with van der Waals surface area (Å²) in [6, 6.07) is 0. The number of allylic oxidation sites excluding steroid dienone is 4. The highest BCUT2D eigenvalue weighted by molar-refractivity contribution is 14.1. The number of halogens is 2. The third kappa shape index (κ3) is 2.83. The highest BCUT2D eigenvalue weighted by Crippen LogP contribution is 2.70. The molecule has 0 spiro atoms. The van der Waals surface area contributed by atoms with Crippen molar-refractivity contribution >= 4 is 38.1 Å². The maximum atomic E-state index is 17.0. The standard InChI is InChI=1S/C23H28FIO6/c1-12-8-16-15-5-4-13-9-14(26)6-7-20(13,2)22(15,24)17(27)10-21(16,3)23(12,30)18(28)11-31-19(25)29/h6-7,9,12,15-17,27,30H,4-5,8,10-11H2,1-3H3/t12-,15?,16+,17+,20+,21+,22+,23+/m0/s1. The second kappa shape index (κ2) is 7.18. The van der Waals surface area contributed by atoms with Crippen LogP contribution in [0.4, 0.5) is 9.18 Å². The molecule has 0 aliphatic heterocycles. The van der Waals surface area contributed by atoms with E-state index in [1.165, 1.54) is 34.7 Å². The number of aliphatic hydroxyl groups is 2. The minimum absolute atomic E-state index is 0.0971. The first-order valence-electron chi connectivity index (χ1n) is 10.7. The normalized spacial score (nSPS) is 48.4. The van der Waals surface area contributed by atoms with Gasteiger partial charge in [-0.15, -0.1) is 0 Å². The van der Waals surface area contributed by atoms with Crippen LogP contribution in [-0.4, -0.2) is 49.7 Å². The lowest BCUT2D eigenvalue weighted by atomic mass is 9.44. The molecule has 8 atom stereocenters. The van der Waals surface area contributed by atoms with Gasteiger partial charge in [0, 0.05) is 16.7 Å². The summed E-state index contributed by atoms with van der Waals surface area (Å²) in [6.07, 6.45) is 4.28. The van der Waals surface area contributed by atoms with E-state index in [0.29, 0.717) is 24.8 Å². The van der Waals surface area contributed by atoms with Crippen LogP contribution in [0, 0.1) is 28.6 Å². The van der Waals surface area contributed by atoms with Crippen molar-refractivity contribution in [3.63, 3.8) is 0 Å². The topological polar surface area (TPSA) is 101 Å². The van der Waals surface area contributed by atoms with Gasteiger partial charge in [0.1, 0.15) is 5.60 Å². The lowest BCUT2D eigenvalue weighted by molar-refractivity contribution is -0.219. The lowest BCUT2D eigenvalue weighted by Crippen LogP contribution is -2.69. The number of Topliss-reactive ketones (excluding diaryl/α,β-unsaturated/α-hetero) is 1. The van der Waals surface area contributed by atoms with Gasteiger partial charge in [-0.05, 0) is 56.6 Å². The number of fused-ring (bicyclic) bond motifs is 5. The summed E-state index contributed by atoms with van der Waals surface area (Å²) in [5, 5.41) is 22.9. The molecule has 0 amide bonds. The Kier molecular flexibility index (Phi) is 5.34. The van der Waals surface area contributed by atoms with E-state index in [-0.39, 0.29) is 18.1 Å². The second-order valence-electron chi connectivity index (χ2n) is 10.1. The molecule has 1 unspecified atom stereocenters. The second-order valence-corrected chi connectivity index (χ2v) is 11.0. The Morgan fingerprint density at radius 3 is 2.65 bits per heavy atom. The molecule has 0 heterocycles. The molecule has 2 N–H and O–H groups in total. The zero-order valence-corrected chi connectivity index (χ0v) is 20.0. The predicted molar refractivity (Wildman–Crippen MR) is 118 cm³/mol. The maximum absolute atomic E-state index is 17.0. The Morgan fingerprint density at radius 1 is 1.32 bits per heavy atom. The molecule has 31 heavy (non-hydrogen) atoms. The summed E-state index contributed by atoms with van der Waals surface area (Å²) < 4.78 is 21.2. The Morgan fingerprint density at radius 2 is 2.00 bits per heavy atom. The smallest absolute Gasteiger partial charge is 0.367 e. The zero-order valence-electron chi connectivity index (χ0n) is 17.9. The first-order chi connectivity index (χ1) is 14.3. The van der Waals surface area contributed by atoms with Crippen LogP contribution in [0.2, 0.25) is 0 Å². The van der Waals surface area contributed by atoms with Gasteiger partial charge in [-0.3, -0.25) is 9.59 Å². The number of ether oxygens (including phenoxy) is 1. The van der Waals surface area contributed by atoms with Crippen LogP contribution in [0.5, 0.6) is 0 Å². The van der Waals surface area contributed by atoms with E-state index in [4.69, 9.17) is 4.74 Å². The number of hydrogen-bond donors (Lipinski definition) is 2. The molecule has 0 aromatic heterocycles. The number of carbonyl (C=O) groups is 3. The van der Waals surface area contributed by atoms with Crippen LogP contribution in [0.3, 0.4) is 0 Å². The number of hydrogen-bond acceptors (Lipinski definition) is 6. The number of ketones is 2. The molecule has 6 nitrogen and oxygen atoms in total. The van der Waals surface area contributed by atoms with Gasteiger partial charge in [0.15, 0.2) is 18.1 Å². The maximum Gasteiger partial charge on any atom is 0.367 e. The zero-order chi connectivity index (χ0) is 23.0. The summed E-state index contributed by atoms with van der Waals surface area (Å²) in [5.74, 6) is -2.20. The third-order valence-electron chi connectivity index (χ3n) is 8.96. The van der Waals surface area contributed by atoms with Crippen LogP contribution in [-0.2, 0) is 14.3 Å². The molecule has 0 bridgehead atoms. The molecule has 0 aromatic carbocycles. The van der Waals surface area contributed by atoms with Crippen molar-refractivity contribution in [3.05, 3.63) is 23.8 Å². The van der Waals surface area contributed by atoms with Crippen LogP contribution in [0.1, 0.15) is 46.5 Å². The van der Waals surface area contributed by atoms with Crippen molar-refractivity contribution in [3.8, 4) is 0 Å². The third-order valence-corrected chi connectivity index (χ3v) is 9.28. The van der Waals surface area contributed by atoms with Crippen molar-refractivity contribution in [1.82, 2.24) is 0 Å². The molecule has 0 saturated heterocycles. The van der Waals surface area contributed by atoms with E-state index in [9.17, 15) is 24.6 Å². The van der Waals surface area contributed by atoms with Gasteiger partial charge in [0.2, 0.25) is 5.78 Å². The van der Waals surface area contributed by atoms with Crippen molar-refractivity contribution in [2.45, 2.75) is 63.8 Å². The van der Waals surface area contributed by atoms with E-state index in [1.807, 2.05) is 0 Å². The van der Waals surface area contributed by atoms with E-state index in [2.05, 4.69) is 0 Å². The molecule has 170 valence electrons. The van der Waals surface area contributed by atoms with E-state index in [1.54, 1.807) is 26.8 Å². The largest absolute Gasteiger partial charge is 0.450 e. The average molecular weight is 546 g/mol. The van der Waals surface area contributed by atoms with Gasteiger partial charge in [-0.2, -0.15) is 0 Å². The minimum Gasteiger partial charge on any atom is -0.450 e. The Bertz CT molecular complexity index is 916. The van der Waals surface area contributed by atoms with Gasteiger partial charge in [0.05, 0.1) is 28.7 Å². The molecule has 4 aliphatic rings. The highest BCUT2D eigenvalue weighted by Gasteiger charge is 2.75. The summed E-state index contributed by atoms with van der Waals surface area (Å²) in [6.45, 7) is 4.69. The van der Waals surface area contributed by atoms with Gasteiger partial charge in [-0.25, -0.2) is 9.18 Å². The Labute approximate surface area is 194 Å². The fraction of sp³-hybridized carbons (Fsp3) is 0.696. The molecule has 0 radical (unpaired) electrons. The molecule has 0 aromatic rings. The number of aliphatic hydroxyl groups excluding tert-OH is 1. The van der Waals surface area contributed by atoms with Crippen LogP contribution in [0.25, 0.3) is 0 Å². The van der Waals surface area contributed by atoms with Crippen LogP contribution < -0.4 is 0 Å². The number of carbonyl (C=O) groups excluding carboxylic acids is 3. The van der Waals surface area contributed by atoms with E-state index >= 15 is 4.39 Å². The van der Waals surface area contributed by atoms with Crippen molar-refractivity contribution in [2.75, 3.05) is 6.61 Å². The predicted octanol–water partition coefficient (Wildman–Crippen LogP) is 3.48. The SMILES string of the molecule is C[C@H]1C[C@@H]2C3CCC4=CC(=O)C=C[C@@]4(C)[C@]3(F)[C@H](O)C[C@@]2(C)[C@]1(O)C(=O)COC(=O)I. The monoisotopic (exact) mass is 546 g/mol. The first kappa shape index (κ1) is 23.0. The summed E-state index contributed by atoms with van der Waals surface area (Å²) in [7, 11) is 0. The highest BCUT2D eigenvalue weighted by atomic mass is 127. The lowest BCUT2D eigenvalue weighted by Gasteiger charge is -2.62. The molecule has 4 aliphatic carbocycles. The fourth-order valence-electron chi connectivity index (χ4n) is 7.37. The molecular formula is C23H28FIO6. The van der Waals surface area contributed by atoms with E-state index < -0.39 is 56.4 Å². The van der Waals surface area contributed by atoms with Crippen molar-refractivity contribution in [2.24, 2.45) is 28.6 Å². The van der Waals surface area contributed by atoms with Gasteiger partial charge >= 0.3 is 3.98 Å². The average Bonchev–Trinajstić information content (AvgIpc) is 2.89. The van der Waals surface area contributed by atoms with Gasteiger partial charge in [0.25, 0.3) is 0 Å². The van der Waals surface area contributed by atoms with Gasteiger partial charge in [-0.1, -0.05) is 25.5 Å². The molecule has 4 rings (SSSR count). The first-order valence-corrected chi connectivity index (χ1v) is 11.8. The number of alkyl halides is 1. The minimum atomic E-state index is -2.01. The molecule has 8 heteroatoms. The Hall–Kier alpha value is -1.13. The van der Waals surface area contributed by atoms with Crippen LogP contribution in [0.15, 0.2) is 23.8 Å². The molecule has 3 fully saturated rings. The summed E-state index contributed by atoms with van der Waals surface area (Å²) in [4.78, 5) is 36.1. The molecule has 3 saturated carbocycles. The quantitative estimate of drug-likeness (QED) is 0.416. The van der Waals surface area contributed by atoms with Crippen molar-refractivity contribution in [1.29, 1.82) is 0 Å². The summed E-state index contributed by atoms with van der Waals surface area (Å²) >= 11 is 1.42. The fourth-order valence-corrected chi connectivity index (χ4v) is 7.53. The van der Waals surface area contributed by atoms with Crippen molar-refractivity contribution < 1.29 is 33.7 Å². The van der Waals surface area contributed by atoms with Crippen LogP contribution >= 0.6 is 22.6 Å². The Balaban J connectivity index is 1.76. The molecular weight excluding hydrogens is 518 g/mol. The summed E-state index contributed by atoms with van der Waals surface area (Å²) in [5.41, 5.74) is -5.34. The number of rotatable bonds is 3.